The first-order valence-electron chi connectivity index (χ1n) is 8.32. The molecule has 0 amide bonds. The fourth-order valence-corrected chi connectivity index (χ4v) is 2.19. The van der Waals surface area contributed by atoms with Gasteiger partial charge in [-0.15, -0.1) is 24.0 Å². The molecule has 25 heavy (non-hydrogen) atoms. The van der Waals surface area contributed by atoms with Crippen molar-refractivity contribution < 1.29 is 9.47 Å². The lowest BCUT2D eigenvalue weighted by molar-refractivity contribution is 0.310. The summed E-state index contributed by atoms with van der Waals surface area (Å²) in [6.45, 7) is 11.3. The van der Waals surface area contributed by atoms with Crippen molar-refractivity contribution in [3.05, 3.63) is 23.8 Å². The van der Waals surface area contributed by atoms with Gasteiger partial charge in [-0.3, -0.25) is 0 Å². The first-order valence-corrected chi connectivity index (χ1v) is 9.55. The SMILES string of the molecule is CCNC(=NCc1ccc(OC)c(OCC)c1)NCC(C)(C)SC.I. The molecule has 0 saturated carbocycles. The van der Waals surface area contributed by atoms with E-state index in [0.717, 1.165) is 36.1 Å². The molecule has 0 atom stereocenters. The summed E-state index contributed by atoms with van der Waals surface area (Å²) in [6.07, 6.45) is 2.12. The second-order valence-electron chi connectivity index (χ2n) is 5.93. The number of thioether (sulfide) groups is 1. The van der Waals surface area contributed by atoms with Gasteiger partial charge in [0, 0.05) is 17.8 Å². The number of halogens is 1. The van der Waals surface area contributed by atoms with Gasteiger partial charge in [-0.05, 0) is 51.6 Å². The summed E-state index contributed by atoms with van der Waals surface area (Å²) in [4.78, 5) is 4.67. The van der Waals surface area contributed by atoms with E-state index < -0.39 is 0 Å². The molecule has 0 saturated heterocycles. The quantitative estimate of drug-likeness (QED) is 0.318. The van der Waals surface area contributed by atoms with Crippen molar-refractivity contribution in [1.82, 2.24) is 10.6 Å². The summed E-state index contributed by atoms with van der Waals surface area (Å²) >= 11 is 1.84. The number of ether oxygens (including phenoxy) is 2. The van der Waals surface area contributed by atoms with E-state index in [2.05, 4.69) is 42.7 Å². The van der Waals surface area contributed by atoms with E-state index >= 15 is 0 Å². The van der Waals surface area contributed by atoms with Gasteiger partial charge in [0.2, 0.25) is 0 Å². The summed E-state index contributed by atoms with van der Waals surface area (Å²) in [5.74, 6) is 2.33. The molecule has 0 aromatic heterocycles. The van der Waals surface area contributed by atoms with E-state index in [0.29, 0.717) is 13.2 Å². The topological polar surface area (TPSA) is 54.9 Å². The van der Waals surface area contributed by atoms with Gasteiger partial charge in [-0.2, -0.15) is 11.8 Å². The summed E-state index contributed by atoms with van der Waals surface area (Å²) < 4.78 is 11.1. The van der Waals surface area contributed by atoms with Gasteiger partial charge in [0.15, 0.2) is 17.5 Å². The third-order valence-electron chi connectivity index (χ3n) is 3.53. The molecule has 1 rings (SSSR count). The molecule has 0 heterocycles. The average molecular weight is 481 g/mol. The molecule has 1 aromatic rings. The van der Waals surface area contributed by atoms with E-state index in [1.807, 2.05) is 36.9 Å². The molecule has 0 unspecified atom stereocenters. The molecule has 0 bridgehead atoms. The molecular formula is C18H32IN3O2S. The van der Waals surface area contributed by atoms with E-state index in [9.17, 15) is 0 Å². The highest BCUT2D eigenvalue weighted by molar-refractivity contribution is 14.0. The third-order valence-corrected chi connectivity index (χ3v) is 4.78. The zero-order valence-corrected chi connectivity index (χ0v) is 19.3. The molecular weight excluding hydrogens is 449 g/mol. The number of nitrogens with zero attached hydrogens (tertiary/aromatic N) is 1. The van der Waals surface area contributed by atoms with Crippen molar-refractivity contribution in [2.24, 2.45) is 4.99 Å². The zero-order valence-electron chi connectivity index (χ0n) is 16.1. The van der Waals surface area contributed by atoms with Gasteiger partial charge >= 0.3 is 0 Å². The van der Waals surface area contributed by atoms with Crippen LogP contribution < -0.4 is 20.1 Å². The van der Waals surface area contributed by atoms with Gasteiger partial charge in [0.25, 0.3) is 0 Å². The van der Waals surface area contributed by atoms with Gasteiger partial charge in [-0.25, -0.2) is 4.99 Å². The smallest absolute Gasteiger partial charge is 0.191 e. The minimum atomic E-state index is 0. The van der Waals surface area contributed by atoms with Crippen molar-refractivity contribution in [3.8, 4) is 11.5 Å². The molecule has 0 fully saturated rings. The minimum absolute atomic E-state index is 0. The fourth-order valence-electron chi connectivity index (χ4n) is 1.97. The Morgan fingerprint density at radius 1 is 1.20 bits per heavy atom. The molecule has 144 valence electrons. The Balaban J connectivity index is 0.00000576. The normalized spacial score (nSPS) is 11.5. The average Bonchev–Trinajstić information content (AvgIpc) is 2.58. The Morgan fingerprint density at radius 3 is 2.48 bits per heavy atom. The number of methoxy groups -OCH3 is 1. The highest BCUT2D eigenvalue weighted by atomic mass is 127. The van der Waals surface area contributed by atoms with Crippen LogP contribution >= 0.6 is 35.7 Å². The zero-order chi connectivity index (χ0) is 18.0. The predicted octanol–water partition coefficient (Wildman–Crippen LogP) is 3.91. The molecule has 0 radical (unpaired) electrons. The number of benzene rings is 1. The van der Waals surface area contributed by atoms with Crippen LogP contribution in [-0.2, 0) is 6.54 Å². The summed E-state index contributed by atoms with van der Waals surface area (Å²) in [7, 11) is 1.65. The van der Waals surface area contributed by atoms with Gasteiger partial charge < -0.3 is 20.1 Å². The number of rotatable bonds is 9. The number of hydrogen-bond acceptors (Lipinski definition) is 4. The largest absolute Gasteiger partial charge is 0.493 e. The first-order chi connectivity index (χ1) is 11.5. The van der Waals surface area contributed by atoms with Crippen LogP contribution in [0, 0.1) is 0 Å². The Kier molecular flexibility index (Phi) is 12.1. The molecule has 0 spiro atoms. The molecule has 5 nitrogen and oxygen atoms in total. The molecule has 0 aliphatic rings. The highest BCUT2D eigenvalue weighted by Crippen LogP contribution is 2.28. The van der Waals surface area contributed by atoms with Gasteiger partial charge in [-0.1, -0.05) is 6.07 Å². The van der Waals surface area contributed by atoms with Crippen molar-refractivity contribution >= 4 is 41.7 Å². The second-order valence-corrected chi connectivity index (χ2v) is 7.44. The second kappa shape index (κ2) is 12.5. The maximum atomic E-state index is 5.62. The van der Waals surface area contributed by atoms with Crippen molar-refractivity contribution in [3.63, 3.8) is 0 Å². The number of nitrogens with one attached hydrogen (secondary N) is 2. The standard InChI is InChI=1S/C18H31N3O2S.HI/c1-7-19-17(21-13-18(3,4)24-6)20-12-14-9-10-15(22-5)16(11-14)23-8-2;/h9-11H,7-8,12-13H2,1-6H3,(H2,19,20,21);1H. The highest BCUT2D eigenvalue weighted by Gasteiger charge is 2.16. The van der Waals surface area contributed by atoms with E-state index in [1.54, 1.807) is 7.11 Å². The van der Waals surface area contributed by atoms with Gasteiger partial charge in [0.05, 0.1) is 20.3 Å². The summed E-state index contributed by atoms with van der Waals surface area (Å²) in [5, 5.41) is 6.69. The summed E-state index contributed by atoms with van der Waals surface area (Å²) in [5.41, 5.74) is 1.08. The molecule has 1 aromatic carbocycles. The van der Waals surface area contributed by atoms with Crippen LogP contribution in [0.25, 0.3) is 0 Å². The maximum absolute atomic E-state index is 5.62. The maximum Gasteiger partial charge on any atom is 0.191 e. The van der Waals surface area contributed by atoms with Gasteiger partial charge in [0.1, 0.15) is 0 Å². The van der Waals surface area contributed by atoms with E-state index in [4.69, 9.17) is 9.47 Å². The lowest BCUT2D eigenvalue weighted by Crippen LogP contribution is -2.43. The van der Waals surface area contributed by atoms with E-state index in [1.165, 1.54) is 0 Å². The number of guanidine groups is 1. The van der Waals surface area contributed by atoms with Crippen molar-refractivity contribution in [2.75, 3.05) is 33.1 Å². The lowest BCUT2D eigenvalue weighted by Gasteiger charge is -2.23. The molecule has 2 N–H and O–H groups in total. The van der Waals surface area contributed by atoms with Crippen molar-refractivity contribution in [2.45, 2.75) is 39.0 Å². The Morgan fingerprint density at radius 2 is 1.92 bits per heavy atom. The van der Waals surface area contributed by atoms with Crippen molar-refractivity contribution in [1.29, 1.82) is 0 Å². The first kappa shape index (κ1) is 24.2. The Bertz CT molecular complexity index is 539. The molecule has 0 aliphatic carbocycles. The number of hydrogen-bond donors (Lipinski definition) is 2. The lowest BCUT2D eigenvalue weighted by atomic mass is 10.2. The van der Waals surface area contributed by atoms with Crippen LogP contribution in [-0.4, -0.2) is 43.8 Å². The summed E-state index contributed by atoms with van der Waals surface area (Å²) in [6, 6.07) is 5.93. The van der Waals surface area contributed by atoms with Crippen LogP contribution in [0.5, 0.6) is 11.5 Å². The van der Waals surface area contributed by atoms with Crippen LogP contribution in [0.4, 0.5) is 0 Å². The monoisotopic (exact) mass is 481 g/mol. The van der Waals surface area contributed by atoms with Crippen LogP contribution in [0.2, 0.25) is 0 Å². The van der Waals surface area contributed by atoms with Crippen LogP contribution in [0.1, 0.15) is 33.3 Å². The Hall–Kier alpha value is -0.830. The number of aliphatic imine (C=N–C) groups is 1. The predicted molar refractivity (Wildman–Crippen MR) is 120 cm³/mol. The third kappa shape index (κ3) is 8.89. The van der Waals surface area contributed by atoms with E-state index in [-0.39, 0.29) is 28.7 Å². The fraction of sp³-hybridized carbons (Fsp3) is 0.611. The molecule has 0 aliphatic heterocycles. The van der Waals surface area contributed by atoms with Crippen LogP contribution in [0.3, 0.4) is 0 Å². The molecule has 7 heteroatoms. The van der Waals surface area contributed by atoms with Crippen LogP contribution in [0.15, 0.2) is 23.2 Å². The minimum Gasteiger partial charge on any atom is -0.493 e. The Labute approximate surface area is 173 Å².